The van der Waals surface area contributed by atoms with E-state index < -0.39 is 5.82 Å². The van der Waals surface area contributed by atoms with Crippen LogP contribution in [-0.4, -0.2) is 0 Å². The van der Waals surface area contributed by atoms with E-state index >= 15 is 0 Å². The van der Waals surface area contributed by atoms with Crippen molar-refractivity contribution < 1.29 is 4.39 Å². The molecule has 0 aliphatic rings. The Labute approximate surface area is 64.3 Å². The number of hydrogen-bond acceptors (Lipinski definition) is 1. The van der Waals surface area contributed by atoms with Crippen LogP contribution in [0.4, 0.5) is 10.1 Å². The molecule has 0 unspecified atom stereocenters. The predicted molar refractivity (Wildman–Crippen MR) is 40.6 cm³/mol. The number of benzene rings is 1. The van der Waals surface area contributed by atoms with Crippen LogP contribution in [0.5, 0.6) is 0 Å². The van der Waals surface area contributed by atoms with E-state index in [9.17, 15) is 4.39 Å². The lowest BCUT2D eigenvalue weighted by molar-refractivity contribution is 0.633. The zero-order chi connectivity index (χ0) is 8.27. The smallest absolute Gasteiger partial charge is 0.222 e. The van der Waals surface area contributed by atoms with E-state index in [-0.39, 0.29) is 5.69 Å². The van der Waals surface area contributed by atoms with Crippen molar-refractivity contribution in [3.05, 3.63) is 41.0 Å². The first kappa shape index (κ1) is 7.70. The second-order valence-corrected chi connectivity index (χ2v) is 2.10. The first-order valence-corrected chi connectivity index (χ1v) is 3.14. The van der Waals surface area contributed by atoms with Crippen LogP contribution in [0.2, 0.25) is 0 Å². The van der Waals surface area contributed by atoms with Crippen LogP contribution in [0.3, 0.4) is 0 Å². The molecule has 0 atom stereocenters. The van der Waals surface area contributed by atoms with Gasteiger partial charge in [-0.3, -0.25) is 0 Å². The molecule has 1 aromatic rings. The topological polar surface area (TPSA) is 30.4 Å². The highest BCUT2D eigenvalue weighted by atomic mass is 19.1. The van der Waals surface area contributed by atoms with Crippen molar-refractivity contribution in [2.24, 2.45) is 5.73 Å². The third kappa shape index (κ3) is 1.54. The van der Waals surface area contributed by atoms with Gasteiger partial charge < -0.3 is 5.73 Å². The summed E-state index contributed by atoms with van der Waals surface area (Å²) in [6.45, 7) is 6.94. The van der Waals surface area contributed by atoms with Gasteiger partial charge >= 0.3 is 0 Å². The molecule has 0 aromatic heterocycles. The quantitative estimate of drug-likeness (QED) is 0.608. The molecule has 0 bridgehead atoms. The molecule has 2 N–H and O–H groups in total. The first-order valence-electron chi connectivity index (χ1n) is 3.14. The highest BCUT2D eigenvalue weighted by molar-refractivity contribution is 5.48. The van der Waals surface area contributed by atoms with Gasteiger partial charge in [-0.05, 0) is 17.7 Å². The zero-order valence-corrected chi connectivity index (χ0v) is 5.84. The second kappa shape index (κ2) is 3.13. The number of hydrogen-bond donors (Lipinski definition) is 1. The number of halogens is 1. The summed E-state index contributed by atoms with van der Waals surface area (Å²) in [5.74, 6) is -0.489. The van der Waals surface area contributed by atoms with Crippen molar-refractivity contribution >= 4 is 5.69 Å². The van der Waals surface area contributed by atoms with Crippen LogP contribution in [0.25, 0.3) is 4.85 Å². The van der Waals surface area contributed by atoms with Gasteiger partial charge in [-0.25, -0.2) is 9.24 Å². The van der Waals surface area contributed by atoms with Gasteiger partial charge in [0.15, 0.2) is 0 Å². The highest BCUT2D eigenvalue weighted by Gasteiger charge is 2.00. The number of nitrogens with two attached hydrogens (primary N) is 1. The third-order valence-corrected chi connectivity index (χ3v) is 1.37. The molecular weight excluding hydrogens is 143 g/mol. The molecule has 0 amide bonds. The Bertz CT molecular complexity index is 301. The maximum Gasteiger partial charge on any atom is 0.222 e. The highest BCUT2D eigenvalue weighted by Crippen LogP contribution is 2.18. The largest absolute Gasteiger partial charge is 0.327 e. The summed E-state index contributed by atoms with van der Waals surface area (Å²) in [5.41, 5.74) is 6.11. The maximum atomic E-state index is 12.7. The van der Waals surface area contributed by atoms with Crippen LogP contribution >= 0.6 is 0 Å². The Morgan fingerprint density at radius 1 is 1.55 bits per heavy atom. The Hall–Kier alpha value is -1.40. The summed E-state index contributed by atoms with van der Waals surface area (Å²) < 4.78 is 12.7. The molecular formula is C8H7FN2. The lowest BCUT2D eigenvalue weighted by Crippen LogP contribution is -1.95. The van der Waals surface area contributed by atoms with Crippen molar-refractivity contribution in [3.63, 3.8) is 0 Å². The molecule has 0 saturated carbocycles. The minimum atomic E-state index is -0.489. The summed E-state index contributed by atoms with van der Waals surface area (Å²) in [6, 6.07) is 4.29. The molecule has 0 aliphatic carbocycles. The fourth-order valence-corrected chi connectivity index (χ4v) is 0.771. The second-order valence-electron chi connectivity index (χ2n) is 2.10. The first-order chi connectivity index (χ1) is 5.27. The van der Waals surface area contributed by atoms with Crippen LogP contribution in [0.1, 0.15) is 5.56 Å². The van der Waals surface area contributed by atoms with E-state index in [1.807, 2.05) is 0 Å². The van der Waals surface area contributed by atoms with E-state index in [2.05, 4.69) is 4.85 Å². The summed E-state index contributed by atoms with van der Waals surface area (Å²) in [5, 5.41) is 0. The van der Waals surface area contributed by atoms with Crippen LogP contribution < -0.4 is 5.73 Å². The summed E-state index contributed by atoms with van der Waals surface area (Å²) in [7, 11) is 0. The van der Waals surface area contributed by atoms with Gasteiger partial charge in [0.2, 0.25) is 5.69 Å². The Balaban J connectivity index is 3.15. The van der Waals surface area contributed by atoms with Crippen LogP contribution in [-0.2, 0) is 6.54 Å². The lowest BCUT2D eigenvalue weighted by Gasteiger charge is -1.96. The third-order valence-electron chi connectivity index (χ3n) is 1.37. The minimum Gasteiger partial charge on any atom is -0.327 e. The van der Waals surface area contributed by atoms with Crippen molar-refractivity contribution in [1.82, 2.24) is 0 Å². The van der Waals surface area contributed by atoms with Crippen molar-refractivity contribution in [1.29, 1.82) is 0 Å². The molecule has 0 aliphatic heterocycles. The zero-order valence-electron chi connectivity index (χ0n) is 5.84. The summed E-state index contributed by atoms with van der Waals surface area (Å²) in [4.78, 5) is 3.00. The van der Waals surface area contributed by atoms with E-state index in [1.165, 1.54) is 12.1 Å². The normalized spacial score (nSPS) is 9.18. The minimum absolute atomic E-state index is 0.0351. The molecule has 0 saturated heterocycles. The average molecular weight is 150 g/mol. The summed E-state index contributed by atoms with van der Waals surface area (Å²) in [6.07, 6.45) is 0. The Morgan fingerprint density at radius 3 is 2.82 bits per heavy atom. The van der Waals surface area contributed by atoms with Gasteiger partial charge in [0, 0.05) is 6.54 Å². The molecule has 0 fully saturated rings. The molecule has 2 nitrogen and oxygen atoms in total. The van der Waals surface area contributed by atoms with Crippen LogP contribution in [0.15, 0.2) is 18.2 Å². The van der Waals surface area contributed by atoms with Crippen LogP contribution in [0, 0.1) is 12.4 Å². The van der Waals surface area contributed by atoms with Crippen molar-refractivity contribution in [3.8, 4) is 0 Å². The monoisotopic (exact) mass is 150 g/mol. The molecule has 11 heavy (non-hydrogen) atoms. The molecule has 0 spiro atoms. The fourth-order valence-electron chi connectivity index (χ4n) is 0.771. The molecule has 0 heterocycles. The van der Waals surface area contributed by atoms with E-state index in [0.29, 0.717) is 6.54 Å². The maximum absolute atomic E-state index is 12.7. The van der Waals surface area contributed by atoms with Crippen molar-refractivity contribution in [2.75, 3.05) is 0 Å². The van der Waals surface area contributed by atoms with Gasteiger partial charge in [-0.1, -0.05) is 6.07 Å². The van der Waals surface area contributed by atoms with Gasteiger partial charge in [0.25, 0.3) is 0 Å². The van der Waals surface area contributed by atoms with Gasteiger partial charge in [-0.15, -0.1) is 0 Å². The summed E-state index contributed by atoms with van der Waals surface area (Å²) >= 11 is 0. The van der Waals surface area contributed by atoms with Gasteiger partial charge in [0.1, 0.15) is 5.82 Å². The van der Waals surface area contributed by atoms with E-state index in [4.69, 9.17) is 12.3 Å². The van der Waals surface area contributed by atoms with E-state index in [1.54, 1.807) is 6.07 Å². The SMILES string of the molecule is [C-]#[N+]c1cc(CN)ccc1F. The molecule has 56 valence electrons. The Morgan fingerprint density at radius 2 is 2.27 bits per heavy atom. The van der Waals surface area contributed by atoms with E-state index in [0.717, 1.165) is 5.56 Å². The number of nitrogens with zero attached hydrogens (tertiary/aromatic N) is 1. The fraction of sp³-hybridized carbons (Fsp3) is 0.125. The predicted octanol–water partition coefficient (Wildman–Crippen LogP) is 1.84. The average Bonchev–Trinajstić information content (AvgIpc) is 2.05. The van der Waals surface area contributed by atoms with Gasteiger partial charge in [0.05, 0.1) is 6.57 Å². The lowest BCUT2D eigenvalue weighted by atomic mass is 10.2. The standard InChI is InChI=1S/C8H7FN2/c1-11-8-4-6(5-10)2-3-7(8)9/h2-4H,5,10H2. The number of rotatable bonds is 1. The molecule has 1 rings (SSSR count). The molecule has 3 heteroatoms. The van der Waals surface area contributed by atoms with Gasteiger partial charge in [-0.2, -0.15) is 0 Å². The Kier molecular flexibility index (Phi) is 2.19. The molecule has 1 aromatic carbocycles. The van der Waals surface area contributed by atoms with Crippen molar-refractivity contribution in [2.45, 2.75) is 6.54 Å². The molecule has 0 radical (unpaired) electrons.